The molecule has 0 atom stereocenters. The molecule has 1 saturated carbocycles. The van der Waals surface area contributed by atoms with Crippen molar-refractivity contribution in [3.8, 4) is 0 Å². The lowest BCUT2D eigenvalue weighted by Crippen LogP contribution is -2.15. The number of aryl methyl sites for hydroxylation is 3. The van der Waals surface area contributed by atoms with Gasteiger partial charge < -0.3 is 10.2 Å². The van der Waals surface area contributed by atoms with E-state index in [1.54, 1.807) is 0 Å². The smallest absolute Gasteiger partial charge is 0.339 e. The van der Waals surface area contributed by atoms with Gasteiger partial charge in [0, 0.05) is 5.92 Å². The van der Waals surface area contributed by atoms with E-state index in [1.165, 1.54) is 6.42 Å². The zero-order chi connectivity index (χ0) is 15.6. The van der Waals surface area contributed by atoms with E-state index in [9.17, 15) is 15.0 Å². The SMILES string of the molecule is Cc1cc(C)c(/C(C(=O)O)=C(\O)C2CCCCC2)c(C)c1. The standard InChI is InChI=1S/C18H24O3/c1-11-9-12(2)15(13(3)10-11)16(18(20)21)17(19)14-7-5-4-6-8-14/h9-10,14,19H,4-8H2,1-3H3,(H,20,21)/b17-16+. The Morgan fingerprint density at radius 2 is 1.52 bits per heavy atom. The van der Waals surface area contributed by atoms with Gasteiger partial charge in [-0.2, -0.15) is 0 Å². The molecule has 3 heteroatoms. The molecule has 114 valence electrons. The molecule has 0 saturated heterocycles. The van der Waals surface area contributed by atoms with Gasteiger partial charge in [0.05, 0.1) is 0 Å². The summed E-state index contributed by atoms with van der Waals surface area (Å²) >= 11 is 0. The summed E-state index contributed by atoms with van der Waals surface area (Å²) in [5, 5.41) is 20.2. The van der Waals surface area contributed by atoms with E-state index in [-0.39, 0.29) is 17.3 Å². The molecule has 1 aliphatic carbocycles. The zero-order valence-corrected chi connectivity index (χ0v) is 13.1. The molecule has 0 unspecified atom stereocenters. The number of rotatable bonds is 3. The summed E-state index contributed by atoms with van der Waals surface area (Å²) in [4.78, 5) is 11.8. The van der Waals surface area contributed by atoms with E-state index in [4.69, 9.17) is 0 Å². The summed E-state index contributed by atoms with van der Waals surface area (Å²) in [6.45, 7) is 5.81. The summed E-state index contributed by atoms with van der Waals surface area (Å²) in [6, 6.07) is 3.94. The first-order valence-electron chi connectivity index (χ1n) is 7.66. The summed E-state index contributed by atoms with van der Waals surface area (Å²) in [5.41, 5.74) is 3.70. The van der Waals surface area contributed by atoms with Gasteiger partial charge in [0.15, 0.2) is 0 Å². The Morgan fingerprint density at radius 3 is 2.00 bits per heavy atom. The maximum Gasteiger partial charge on any atom is 0.339 e. The topological polar surface area (TPSA) is 57.5 Å². The highest BCUT2D eigenvalue weighted by atomic mass is 16.4. The van der Waals surface area contributed by atoms with Gasteiger partial charge >= 0.3 is 5.97 Å². The maximum atomic E-state index is 11.8. The molecule has 0 radical (unpaired) electrons. The predicted octanol–water partition coefficient (Wildman–Crippen LogP) is 4.55. The molecule has 0 aliphatic heterocycles. The number of carboxylic acid groups (broad SMARTS) is 1. The van der Waals surface area contributed by atoms with Crippen LogP contribution in [-0.2, 0) is 4.79 Å². The molecule has 1 aromatic rings. The van der Waals surface area contributed by atoms with Crippen LogP contribution in [-0.4, -0.2) is 16.2 Å². The molecule has 1 aromatic carbocycles. The van der Waals surface area contributed by atoms with Crippen molar-refractivity contribution in [3.05, 3.63) is 40.1 Å². The van der Waals surface area contributed by atoms with Crippen molar-refractivity contribution in [1.82, 2.24) is 0 Å². The van der Waals surface area contributed by atoms with Crippen LogP contribution in [0.5, 0.6) is 0 Å². The molecule has 1 fully saturated rings. The third kappa shape index (κ3) is 3.29. The summed E-state index contributed by atoms with van der Waals surface area (Å²) in [6.07, 6.45) is 5.06. The molecule has 0 aromatic heterocycles. The van der Waals surface area contributed by atoms with Crippen LogP contribution in [0.25, 0.3) is 5.57 Å². The Bertz CT molecular complexity index is 555. The minimum atomic E-state index is -1.03. The van der Waals surface area contributed by atoms with Crippen LogP contribution in [0.2, 0.25) is 0 Å². The predicted molar refractivity (Wildman–Crippen MR) is 84.4 cm³/mol. The summed E-state index contributed by atoms with van der Waals surface area (Å²) in [7, 11) is 0. The van der Waals surface area contributed by atoms with Crippen molar-refractivity contribution in [2.75, 3.05) is 0 Å². The maximum absolute atomic E-state index is 11.8. The van der Waals surface area contributed by atoms with Gasteiger partial charge in [-0.3, -0.25) is 0 Å². The molecule has 0 amide bonds. The van der Waals surface area contributed by atoms with E-state index in [2.05, 4.69) is 0 Å². The lowest BCUT2D eigenvalue weighted by molar-refractivity contribution is -0.130. The van der Waals surface area contributed by atoms with Crippen molar-refractivity contribution in [2.45, 2.75) is 52.9 Å². The third-order valence-corrected chi connectivity index (χ3v) is 4.39. The van der Waals surface area contributed by atoms with E-state index >= 15 is 0 Å². The van der Waals surface area contributed by atoms with Crippen LogP contribution < -0.4 is 0 Å². The van der Waals surface area contributed by atoms with Crippen LogP contribution >= 0.6 is 0 Å². The molecule has 0 bridgehead atoms. The van der Waals surface area contributed by atoms with Crippen LogP contribution in [0.15, 0.2) is 17.9 Å². The zero-order valence-electron chi connectivity index (χ0n) is 13.1. The van der Waals surface area contributed by atoms with Crippen LogP contribution in [0, 0.1) is 26.7 Å². The highest BCUT2D eigenvalue weighted by Crippen LogP contribution is 2.35. The normalized spacial score (nSPS) is 17.5. The molecule has 2 rings (SSSR count). The van der Waals surface area contributed by atoms with Crippen molar-refractivity contribution in [1.29, 1.82) is 0 Å². The number of hydrogen-bond donors (Lipinski definition) is 2. The average molecular weight is 288 g/mol. The van der Waals surface area contributed by atoms with Crippen LogP contribution in [0.3, 0.4) is 0 Å². The van der Waals surface area contributed by atoms with Crippen molar-refractivity contribution in [2.24, 2.45) is 5.92 Å². The van der Waals surface area contributed by atoms with Crippen molar-refractivity contribution < 1.29 is 15.0 Å². The highest BCUT2D eigenvalue weighted by Gasteiger charge is 2.26. The Morgan fingerprint density at radius 1 is 1.00 bits per heavy atom. The largest absolute Gasteiger partial charge is 0.511 e. The second-order valence-electron chi connectivity index (χ2n) is 6.17. The fraction of sp³-hybridized carbons (Fsp3) is 0.500. The molecule has 2 N–H and O–H groups in total. The second kappa shape index (κ2) is 6.33. The average Bonchev–Trinajstić information content (AvgIpc) is 2.42. The molecular formula is C18H24O3. The number of benzene rings is 1. The van der Waals surface area contributed by atoms with E-state index in [0.717, 1.165) is 42.4 Å². The number of hydrogen-bond acceptors (Lipinski definition) is 2. The second-order valence-corrected chi connectivity index (χ2v) is 6.17. The number of carbonyl (C=O) groups is 1. The van der Waals surface area contributed by atoms with E-state index in [0.29, 0.717) is 5.56 Å². The first kappa shape index (κ1) is 15.6. The number of carboxylic acids is 1. The molecule has 0 spiro atoms. The molecule has 3 nitrogen and oxygen atoms in total. The highest BCUT2D eigenvalue weighted by molar-refractivity contribution is 6.17. The monoisotopic (exact) mass is 288 g/mol. The third-order valence-electron chi connectivity index (χ3n) is 4.39. The number of aliphatic hydroxyl groups excluding tert-OH is 1. The Kier molecular flexibility index (Phi) is 4.71. The van der Waals surface area contributed by atoms with Gasteiger partial charge in [-0.25, -0.2) is 4.79 Å². The van der Waals surface area contributed by atoms with Gasteiger partial charge in [-0.15, -0.1) is 0 Å². The first-order chi connectivity index (χ1) is 9.91. The van der Waals surface area contributed by atoms with Crippen LogP contribution in [0.1, 0.15) is 54.4 Å². The Labute approximate surface area is 126 Å². The van der Waals surface area contributed by atoms with Gasteiger partial charge in [-0.1, -0.05) is 37.0 Å². The first-order valence-corrected chi connectivity index (χ1v) is 7.66. The Hall–Kier alpha value is -1.77. The van der Waals surface area contributed by atoms with Crippen LogP contribution in [0.4, 0.5) is 0 Å². The minimum Gasteiger partial charge on any atom is -0.511 e. The van der Waals surface area contributed by atoms with Gasteiger partial charge in [0.2, 0.25) is 0 Å². The molecule has 21 heavy (non-hydrogen) atoms. The summed E-state index contributed by atoms with van der Waals surface area (Å²) < 4.78 is 0. The van der Waals surface area contributed by atoms with E-state index in [1.807, 2.05) is 32.9 Å². The number of allylic oxidation sites excluding steroid dienone is 1. The van der Waals surface area contributed by atoms with E-state index < -0.39 is 5.97 Å². The fourth-order valence-electron chi connectivity index (χ4n) is 3.50. The molecule has 0 heterocycles. The lowest BCUT2D eigenvalue weighted by atomic mass is 9.83. The van der Waals surface area contributed by atoms with Crippen molar-refractivity contribution >= 4 is 11.5 Å². The Balaban J connectivity index is 2.56. The van der Waals surface area contributed by atoms with Gasteiger partial charge in [0.1, 0.15) is 11.3 Å². The molecular weight excluding hydrogens is 264 g/mol. The lowest BCUT2D eigenvalue weighted by Gasteiger charge is -2.23. The van der Waals surface area contributed by atoms with Gasteiger partial charge in [0.25, 0.3) is 0 Å². The quantitative estimate of drug-likeness (QED) is 0.634. The molecule has 1 aliphatic rings. The fourth-order valence-corrected chi connectivity index (χ4v) is 3.50. The summed E-state index contributed by atoms with van der Waals surface area (Å²) in [5.74, 6) is -0.977. The number of aliphatic hydroxyl groups is 1. The minimum absolute atomic E-state index is 0.00930. The van der Waals surface area contributed by atoms with Gasteiger partial charge in [-0.05, 0) is 50.3 Å². The van der Waals surface area contributed by atoms with Crippen molar-refractivity contribution in [3.63, 3.8) is 0 Å². The number of aliphatic carboxylic acids is 1.